The van der Waals surface area contributed by atoms with Crippen molar-refractivity contribution in [3.8, 4) is 0 Å². The minimum absolute atomic E-state index is 0.00968. The Hall–Kier alpha value is -0.240. The molecular weight excluding hydrogens is 228 g/mol. The second kappa shape index (κ2) is 3.88. The number of hydrogen-bond acceptors (Lipinski definition) is 6. The minimum atomic E-state index is -0.677. The molecule has 0 unspecified atom stereocenters. The van der Waals surface area contributed by atoms with Gasteiger partial charge in [-0.2, -0.15) is 0 Å². The first-order valence-electron chi connectivity index (χ1n) is 5.85. The maximum atomic E-state index is 10.2. The average molecular weight is 246 g/mol. The first kappa shape index (κ1) is 11.8. The van der Waals surface area contributed by atoms with E-state index < -0.39 is 18.0 Å². The van der Waals surface area contributed by atoms with Crippen LogP contribution in [0.2, 0.25) is 0 Å². The van der Waals surface area contributed by atoms with E-state index in [2.05, 4.69) is 0 Å². The van der Waals surface area contributed by atoms with Crippen molar-refractivity contribution in [2.45, 2.75) is 36.8 Å². The fourth-order valence-corrected chi connectivity index (χ4v) is 3.45. The Kier molecular flexibility index (Phi) is 2.70. The molecule has 1 aliphatic carbocycles. The molecule has 7 atom stereocenters. The number of fused-ring (bicyclic) bond motifs is 3. The largest absolute Gasteiger partial charge is 0.393 e. The fourth-order valence-electron chi connectivity index (χ4n) is 3.45. The number of rotatable bonds is 3. The van der Waals surface area contributed by atoms with Gasteiger partial charge in [0.25, 0.3) is 0 Å². The molecule has 3 rings (SSSR count). The third-order valence-electron chi connectivity index (χ3n) is 4.33. The van der Waals surface area contributed by atoms with E-state index in [9.17, 15) is 10.2 Å². The summed E-state index contributed by atoms with van der Waals surface area (Å²) in [6.45, 7) is -0.114. The second-order valence-corrected chi connectivity index (χ2v) is 4.97. The zero-order chi connectivity index (χ0) is 12.2. The van der Waals surface area contributed by atoms with Gasteiger partial charge in [-0.25, -0.2) is 0 Å². The van der Waals surface area contributed by atoms with Gasteiger partial charge in [-0.05, 0) is 0 Å². The van der Waals surface area contributed by atoms with Crippen LogP contribution in [0.15, 0.2) is 0 Å². The second-order valence-electron chi connectivity index (χ2n) is 4.97. The number of aliphatic hydroxyl groups excluding tert-OH is 2. The van der Waals surface area contributed by atoms with Crippen LogP contribution in [0.25, 0.3) is 0 Å². The van der Waals surface area contributed by atoms with Gasteiger partial charge in [0.2, 0.25) is 0 Å². The predicted octanol–water partition coefficient (Wildman–Crippen LogP) is -0.911. The molecule has 17 heavy (non-hydrogen) atoms. The summed E-state index contributed by atoms with van der Waals surface area (Å²) >= 11 is 0. The highest BCUT2D eigenvalue weighted by molar-refractivity contribution is 5.21. The third-order valence-corrected chi connectivity index (χ3v) is 4.33. The highest BCUT2D eigenvalue weighted by Crippen LogP contribution is 2.60. The van der Waals surface area contributed by atoms with Gasteiger partial charge in [0.05, 0.1) is 12.7 Å². The maximum Gasteiger partial charge on any atom is 0.166 e. The molecular formula is C11H18O6. The zero-order valence-electron chi connectivity index (χ0n) is 9.91. The lowest BCUT2D eigenvalue weighted by Gasteiger charge is -2.41. The Morgan fingerprint density at radius 1 is 1.35 bits per heavy atom. The first-order chi connectivity index (χ1) is 8.17. The molecule has 0 radical (unpaired) electrons. The minimum Gasteiger partial charge on any atom is -0.393 e. The Labute approximate surface area is 99.4 Å². The molecule has 2 aliphatic heterocycles. The number of ether oxygens (including phenoxy) is 4. The van der Waals surface area contributed by atoms with Crippen molar-refractivity contribution in [2.75, 3.05) is 20.8 Å². The Bertz CT molecular complexity index is 310. The lowest BCUT2D eigenvalue weighted by Crippen LogP contribution is -2.49. The van der Waals surface area contributed by atoms with Crippen molar-refractivity contribution < 1.29 is 29.2 Å². The topological polar surface area (TPSA) is 80.7 Å². The molecule has 2 N–H and O–H groups in total. The summed E-state index contributed by atoms with van der Waals surface area (Å²) in [5.74, 6) is -0.145. The number of epoxide rings is 1. The molecule has 0 spiro atoms. The van der Waals surface area contributed by atoms with Gasteiger partial charge in [0.15, 0.2) is 12.6 Å². The highest BCUT2D eigenvalue weighted by Gasteiger charge is 2.76. The van der Waals surface area contributed by atoms with Gasteiger partial charge in [-0.15, -0.1) is 0 Å². The molecule has 98 valence electrons. The summed E-state index contributed by atoms with van der Waals surface area (Å²) in [7, 11) is 3.12. The van der Waals surface area contributed by atoms with Crippen LogP contribution in [0.5, 0.6) is 0 Å². The molecule has 1 saturated carbocycles. The van der Waals surface area contributed by atoms with E-state index in [0.29, 0.717) is 6.42 Å². The van der Waals surface area contributed by atoms with Gasteiger partial charge < -0.3 is 29.2 Å². The quantitative estimate of drug-likeness (QED) is 0.627. The summed E-state index contributed by atoms with van der Waals surface area (Å²) in [4.78, 5) is 0. The molecule has 6 nitrogen and oxygen atoms in total. The third kappa shape index (κ3) is 1.43. The SMILES string of the molecule is CO[C@@H]1C[C@H]2[C@H](O)[C@@H]3O[C@]3(CO)[C@H]2[C@@H](OC)O1. The van der Waals surface area contributed by atoms with Gasteiger partial charge in [0.1, 0.15) is 11.7 Å². The standard InChI is InChI=1S/C11H18O6/c1-14-6-3-5-7(10(15-2)16-6)11(4-12)9(17-11)8(5)13/h5-10,12-13H,3-4H2,1-2H3/t5-,6+,7-,8+,9+,10+,11-/m1/s1. The normalized spacial score (nSPS) is 56.5. The smallest absolute Gasteiger partial charge is 0.166 e. The molecule has 0 amide bonds. The molecule has 3 fully saturated rings. The molecule has 2 saturated heterocycles. The lowest BCUT2D eigenvalue weighted by molar-refractivity contribution is -0.299. The van der Waals surface area contributed by atoms with Crippen LogP contribution in [0.4, 0.5) is 0 Å². The summed E-state index contributed by atoms with van der Waals surface area (Å²) in [6.07, 6.45) is -1.15. The molecule has 0 aromatic rings. The Morgan fingerprint density at radius 3 is 2.71 bits per heavy atom. The van der Waals surface area contributed by atoms with Crippen molar-refractivity contribution in [1.82, 2.24) is 0 Å². The summed E-state index contributed by atoms with van der Waals surface area (Å²) < 4.78 is 21.6. The van der Waals surface area contributed by atoms with E-state index in [0.717, 1.165) is 0 Å². The van der Waals surface area contributed by atoms with Crippen LogP contribution in [0, 0.1) is 11.8 Å². The van der Waals surface area contributed by atoms with Crippen molar-refractivity contribution in [3.63, 3.8) is 0 Å². The molecule has 3 aliphatic rings. The molecule has 0 bridgehead atoms. The zero-order valence-corrected chi connectivity index (χ0v) is 9.91. The van der Waals surface area contributed by atoms with E-state index in [1.807, 2.05) is 0 Å². The van der Waals surface area contributed by atoms with Crippen LogP contribution in [0.3, 0.4) is 0 Å². The molecule has 6 heteroatoms. The monoisotopic (exact) mass is 246 g/mol. The van der Waals surface area contributed by atoms with E-state index in [1.165, 1.54) is 0 Å². The molecule has 2 heterocycles. The van der Waals surface area contributed by atoms with Gasteiger partial charge >= 0.3 is 0 Å². The fraction of sp³-hybridized carbons (Fsp3) is 1.00. The van der Waals surface area contributed by atoms with Crippen molar-refractivity contribution in [2.24, 2.45) is 11.8 Å². The Balaban J connectivity index is 1.87. The van der Waals surface area contributed by atoms with E-state index in [4.69, 9.17) is 18.9 Å². The maximum absolute atomic E-state index is 10.2. The van der Waals surface area contributed by atoms with Crippen LogP contribution in [-0.2, 0) is 18.9 Å². The van der Waals surface area contributed by atoms with Crippen LogP contribution in [-0.4, -0.2) is 61.4 Å². The number of methoxy groups -OCH3 is 2. The van der Waals surface area contributed by atoms with Gasteiger partial charge in [-0.3, -0.25) is 0 Å². The van der Waals surface area contributed by atoms with Crippen LogP contribution < -0.4 is 0 Å². The highest BCUT2D eigenvalue weighted by atomic mass is 16.8. The van der Waals surface area contributed by atoms with Crippen molar-refractivity contribution in [3.05, 3.63) is 0 Å². The average Bonchev–Trinajstić information content (AvgIpc) is 3.06. The number of aliphatic hydroxyl groups is 2. The van der Waals surface area contributed by atoms with Gasteiger partial charge in [-0.1, -0.05) is 0 Å². The lowest BCUT2D eigenvalue weighted by atomic mass is 9.83. The van der Waals surface area contributed by atoms with Crippen LogP contribution >= 0.6 is 0 Å². The van der Waals surface area contributed by atoms with E-state index >= 15 is 0 Å². The summed E-state index contributed by atoms with van der Waals surface area (Å²) in [5, 5.41) is 19.6. The first-order valence-corrected chi connectivity index (χ1v) is 5.85. The van der Waals surface area contributed by atoms with Crippen molar-refractivity contribution >= 4 is 0 Å². The number of hydrogen-bond donors (Lipinski definition) is 2. The van der Waals surface area contributed by atoms with Crippen LogP contribution in [0.1, 0.15) is 6.42 Å². The summed E-state index contributed by atoms with van der Waals surface area (Å²) in [5.41, 5.74) is -0.677. The Morgan fingerprint density at radius 2 is 2.12 bits per heavy atom. The summed E-state index contributed by atoms with van der Waals surface area (Å²) in [6, 6.07) is 0. The molecule has 0 aromatic carbocycles. The predicted molar refractivity (Wildman–Crippen MR) is 55.0 cm³/mol. The van der Waals surface area contributed by atoms with E-state index in [1.54, 1.807) is 14.2 Å². The van der Waals surface area contributed by atoms with Gasteiger partial charge in [0, 0.05) is 32.5 Å². The van der Waals surface area contributed by atoms with E-state index in [-0.39, 0.29) is 30.8 Å². The van der Waals surface area contributed by atoms with Crippen molar-refractivity contribution in [1.29, 1.82) is 0 Å². The molecule has 0 aromatic heterocycles.